The number of carbonyl (C=O) groups excluding carboxylic acids is 1. The molecule has 0 saturated heterocycles. The van der Waals surface area contributed by atoms with Crippen LogP contribution in [0, 0.1) is 3.57 Å². The number of aliphatic carboxylic acids is 2. The highest BCUT2D eigenvalue weighted by Crippen LogP contribution is 2.15. The zero-order valence-corrected chi connectivity index (χ0v) is 23.2. The molecule has 0 aliphatic heterocycles. The van der Waals surface area contributed by atoms with E-state index in [-0.39, 0.29) is 37.6 Å². The average Bonchev–Trinajstić information content (AvgIpc) is 2.82. The summed E-state index contributed by atoms with van der Waals surface area (Å²) < 4.78 is 23.9. The number of amides is 1. The molecule has 0 unspecified atom stereocenters. The van der Waals surface area contributed by atoms with Crippen LogP contribution in [0.25, 0.3) is 0 Å². The van der Waals surface area contributed by atoms with E-state index < -0.39 is 34.4 Å². The standard InChI is InChI=1S/C24H28IN5O7S/c1-2-18(27-19-7-9-21(10-8-19)38(26,36)37)13-29(15-23(32)33)11-12-30(16-24(34)35)14-22(31)28-20-5-3-17(25)4-6-20/h3-10,27H,1,11-16H2,(H,28,31)(H,32,33)(H,34,35)(H2,26,36,37). The molecule has 38 heavy (non-hydrogen) atoms. The normalized spacial score (nSPS) is 11.2. The van der Waals surface area contributed by atoms with Crippen molar-refractivity contribution in [2.24, 2.45) is 5.14 Å². The maximum atomic E-state index is 12.5. The van der Waals surface area contributed by atoms with Crippen molar-refractivity contribution in [1.29, 1.82) is 0 Å². The molecular weight excluding hydrogens is 629 g/mol. The van der Waals surface area contributed by atoms with E-state index in [1.807, 2.05) is 12.1 Å². The van der Waals surface area contributed by atoms with Crippen molar-refractivity contribution in [3.8, 4) is 0 Å². The van der Waals surface area contributed by atoms with E-state index in [9.17, 15) is 33.0 Å². The third kappa shape index (κ3) is 11.4. The summed E-state index contributed by atoms with van der Waals surface area (Å²) in [5.41, 5.74) is 4.16. The van der Waals surface area contributed by atoms with Gasteiger partial charge in [-0.15, -0.1) is 5.73 Å². The first-order valence-electron chi connectivity index (χ1n) is 11.1. The van der Waals surface area contributed by atoms with Crippen LogP contribution in [0.1, 0.15) is 0 Å². The molecule has 0 fully saturated rings. The van der Waals surface area contributed by atoms with Gasteiger partial charge in [0.25, 0.3) is 0 Å². The minimum absolute atomic E-state index is 0.0580. The first kappa shape index (κ1) is 31.0. The molecule has 14 heteroatoms. The van der Waals surface area contributed by atoms with E-state index in [0.717, 1.165) is 3.57 Å². The van der Waals surface area contributed by atoms with E-state index in [2.05, 4.69) is 45.5 Å². The number of carboxylic acids is 2. The van der Waals surface area contributed by atoms with Gasteiger partial charge in [-0.3, -0.25) is 24.2 Å². The summed E-state index contributed by atoms with van der Waals surface area (Å²) in [6.07, 6.45) is 0. The molecule has 0 atom stereocenters. The maximum Gasteiger partial charge on any atom is 0.317 e. The van der Waals surface area contributed by atoms with Crippen LogP contribution in [0.3, 0.4) is 0 Å². The van der Waals surface area contributed by atoms with Crippen molar-refractivity contribution >= 4 is 61.8 Å². The Labute approximate surface area is 234 Å². The van der Waals surface area contributed by atoms with E-state index in [1.165, 1.54) is 34.1 Å². The molecule has 2 rings (SSSR count). The monoisotopic (exact) mass is 657 g/mol. The highest BCUT2D eigenvalue weighted by atomic mass is 127. The smallest absolute Gasteiger partial charge is 0.317 e. The predicted molar refractivity (Wildman–Crippen MR) is 150 cm³/mol. The molecule has 2 aromatic carbocycles. The number of benzene rings is 2. The third-order valence-electron chi connectivity index (χ3n) is 5.02. The number of carboxylic acid groups (broad SMARTS) is 2. The molecule has 0 aliphatic rings. The number of primary sulfonamides is 1. The van der Waals surface area contributed by atoms with Gasteiger partial charge in [0, 0.05) is 34.6 Å². The van der Waals surface area contributed by atoms with Crippen molar-refractivity contribution in [1.82, 2.24) is 9.80 Å². The molecule has 0 saturated carbocycles. The molecule has 0 spiro atoms. The van der Waals surface area contributed by atoms with Gasteiger partial charge in [0.1, 0.15) is 0 Å². The maximum absolute atomic E-state index is 12.5. The van der Waals surface area contributed by atoms with Crippen LogP contribution in [-0.4, -0.2) is 85.5 Å². The Hall–Kier alpha value is -3.27. The summed E-state index contributed by atoms with van der Waals surface area (Å²) in [4.78, 5) is 38.2. The summed E-state index contributed by atoms with van der Waals surface area (Å²) >= 11 is 2.14. The topological polar surface area (TPSA) is 182 Å². The van der Waals surface area contributed by atoms with Crippen LogP contribution < -0.4 is 15.8 Å². The molecule has 0 radical (unpaired) electrons. The first-order chi connectivity index (χ1) is 17.8. The van der Waals surface area contributed by atoms with Crippen molar-refractivity contribution in [2.75, 3.05) is 49.9 Å². The van der Waals surface area contributed by atoms with Crippen LogP contribution in [0.5, 0.6) is 0 Å². The Bertz CT molecular complexity index is 1290. The number of anilines is 2. The molecule has 2 aromatic rings. The molecule has 6 N–H and O–H groups in total. The van der Waals surface area contributed by atoms with Crippen molar-refractivity contribution in [3.05, 3.63) is 70.1 Å². The van der Waals surface area contributed by atoms with Crippen molar-refractivity contribution in [2.45, 2.75) is 4.90 Å². The average molecular weight is 657 g/mol. The van der Waals surface area contributed by atoms with Gasteiger partial charge < -0.3 is 20.8 Å². The number of nitrogens with zero attached hydrogens (tertiary/aromatic N) is 2. The molecule has 0 aromatic heterocycles. The molecular formula is C24H28IN5O7S. The van der Waals surface area contributed by atoms with Crippen LogP contribution in [-0.2, 0) is 24.4 Å². The second-order valence-corrected chi connectivity index (χ2v) is 10.9. The van der Waals surface area contributed by atoms with Gasteiger partial charge in [0.05, 0.1) is 30.2 Å². The van der Waals surface area contributed by atoms with Crippen molar-refractivity contribution < 1.29 is 33.0 Å². The number of carbonyl (C=O) groups is 3. The van der Waals surface area contributed by atoms with Gasteiger partial charge in [-0.1, -0.05) is 6.58 Å². The van der Waals surface area contributed by atoms with Crippen LogP contribution in [0.2, 0.25) is 0 Å². The van der Waals surface area contributed by atoms with E-state index in [0.29, 0.717) is 17.1 Å². The number of rotatable bonds is 15. The highest BCUT2D eigenvalue weighted by molar-refractivity contribution is 14.1. The predicted octanol–water partition coefficient (Wildman–Crippen LogP) is 1.43. The van der Waals surface area contributed by atoms with Crippen molar-refractivity contribution in [3.63, 3.8) is 0 Å². The summed E-state index contributed by atoms with van der Waals surface area (Å²) in [6.45, 7) is 2.88. The highest BCUT2D eigenvalue weighted by Gasteiger charge is 2.18. The Kier molecular flexibility index (Phi) is 11.9. The van der Waals surface area contributed by atoms with Gasteiger partial charge in [-0.05, 0) is 71.1 Å². The SMILES string of the molecule is C=C=C(CN(CCN(CC(=O)O)CC(=O)Nc1ccc(I)cc1)CC(=O)O)Nc1ccc(S(N)(=O)=O)cc1. The number of nitrogens with one attached hydrogen (secondary N) is 2. The van der Waals surface area contributed by atoms with Crippen LogP contribution >= 0.6 is 22.6 Å². The Balaban J connectivity index is 2.04. The van der Waals surface area contributed by atoms with Crippen LogP contribution in [0.4, 0.5) is 11.4 Å². The Morgan fingerprint density at radius 2 is 1.32 bits per heavy atom. The fourth-order valence-electron chi connectivity index (χ4n) is 3.30. The number of nitrogens with two attached hydrogens (primary N) is 1. The lowest BCUT2D eigenvalue weighted by molar-refractivity contribution is -0.140. The Morgan fingerprint density at radius 1 is 0.842 bits per heavy atom. The molecule has 12 nitrogen and oxygen atoms in total. The number of hydrogen-bond donors (Lipinski definition) is 5. The van der Waals surface area contributed by atoms with E-state index in [1.54, 1.807) is 12.1 Å². The van der Waals surface area contributed by atoms with Gasteiger partial charge in [0.15, 0.2) is 0 Å². The first-order valence-corrected chi connectivity index (χ1v) is 13.7. The van der Waals surface area contributed by atoms with Gasteiger partial charge >= 0.3 is 11.9 Å². The molecule has 0 aliphatic carbocycles. The summed E-state index contributed by atoms with van der Waals surface area (Å²) in [5, 5.41) is 29.5. The van der Waals surface area contributed by atoms with E-state index >= 15 is 0 Å². The minimum atomic E-state index is -3.85. The van der Waals surface area contributed by atoms with Gasteiger partial charge in [-0.2, -0.15) is 0 Å². The zero-order chi connectivity index (χ0) is 28.3. The lowest BCUT2D eigenvalue weighted by Gasteiger charge is -2.26. The number of halogens is 1. The molecule has 0 bridgehead atoms. The molecule has 0 heterocycles. The zero-order valence-electron chi connectivity index (χ0n) is 20.3. The molecule has 1 amide bonds. The van der Waals surface area contributed by atoms with Crippen LogP contribution in [0.15, 0.2) is 71.4 Å². The second kappa shape index (κ2) is 14.6. The second-order valence-electron chi connectivity index (χ2n) is 8.11. The fourth-order valence-corrected chi connectivity index (χ4v) is 4.17. The van der Waals surface area contributed by atoms with Gasteiger partial charge in [-0.25, -0.2) is 13.6 Å². The lowest BCUT2D eigenvalue weighted by atomic mass is 10.3. The Morgan fingerprint density at radius 3 is 1.79 bits per heavy atom. The summed E-state index contributed by atoms with van der Waals surface area (Å²) in [5.74, 6) is -2.64. The number of sulfonamides is 1. The van der Waals surface area contributed by atoms with Gasteiger partial charge in [0.2, 0.25) is 15.9 Å². The summed E-state index contributed by atoms with van der Waals surface area (Å²) in [7, 11) is -3.85. The summed E-state index contributed by atoms with van der Waals surface area (Å²) in [6, 6.07) is 12.7. The number of hydrogen-bond acceptors (Lipinski definition) is 8. The van der Waals surface area contributed by atoms with E-state index in [4.69, 9.17) is 5.14 Å². The molecule has 204 valence electrons. The quantitative estimate of drug-likeness (QED) is 0.139. The fraction of sp³-hybridized carbons (Fsp3) is 0.250. The lowest BCUT2D eigenvalue weighted by Crippen LogP contribution is -2.43. The minimum Gasteiger partial charge on any atom is -0.480 e. The third-order valence-corrected chi connectivity index (χ3v) is 6.67. The largest absolute Gasteiger partial charge is 0.480 e.